The fraction of sp³-hybridized carbons (Fsp3) is 0.611. The second kappa shape index (κ2) is 9.18. The molecule has 1 N–H and O–H groups in total. The molecule has 0 saturated carbocycles. The van der Waals surface area contributed by atoms with Crippen molar-refractivity contribution in [2.75, 3.05) is 32.5 Å². The zero-order valence-corrected chi connectivity index (χ0v) is 15.2. The normalized spacial score (nSPS) is 16.3. The zero-order chi connectivity index (χ0) is 16.7. The first kappa shape index (κ1) is 18.1. The molecule has 1 aromatic carbocycles. The van der Waals surface area contributed by atoms with Crippen LogP contribution in [0.5, 0.6) is 5.75 Å². The first-order valence-corrected chi connectivity index (χ1v) is 9.50. The molecule has 128 valence electrons. The molecule has 0 spiro atoms. The maximum absolute atomic E-state index is 12.1. The summed E-state index contributed by atoms with van der Waals surface area (Å²) in [6, 6.07) is 6.51. The number of benzene rings is 1. The summed E-state index contributed by atoms with van der Waals surface area (Å²) < 4.78 is 5.38. The number of nitrogens with zero attached hydrogens (tertiary/aromatic N) is 1. The van der Waals surface area contributed by atoms with Crippen molar-refractivity contribution >= 4 is 17.7 Å². The first-order chi connectivity index (χ1) is 11.1. The van der Waals surface area contributed by atoms with Gasteiger partial charge in [0.25, 0.3) is 0 Å². The van der Waals surface area contributed by atoms with Crippen LogP contribution in [0.15, 0.2) is 18.2 Å². The monoisotopic (exact) mass is 336 g/mol. The average molecular weight is 337 g/mol. The van der Waals surface area contributed by atoms with Gasteiger partial charge in [-0.15, -0.1) is 11.8 Å². The van der Waals surface area contributed by atoms with Gasteiger partial charge < -0.3 is 15.0 Å². The van der Waals surface area contributed by atoms with Crippen LogP contribution in [0.1, 0.15) is 30.9 Å². The van der Waals surface area contributed by atoms with Gasteiger partial charge in [-0.25, -0.2) is 0 Å². The molecule has 1 aliphatic heterocycles. The van der Waals surface area contributed by atoms with E-state index in [0.717, 1.165) is 49.5 Å². The maximum atomic E-state index is 12.1. The third-order valence-corrected chi connectivity index (χ3v) is 5.31. The lowest BCUT2D eigenvalue weighted by molar-refractivity contribution is -0.119. The lowest BCUT2D eigenvalue weighted by atomic mass is 10.1. The van der Waals surface area contributed by atoms with E-state index in [1.807, 2.05) is 12.1 Å². The highest BCUT2D eigenvalue weighted by Gasteiger charge is 2.19. The first-order valence-electron chi connectivity index (χ1n) is 8.35. The van der Waals surface area contributed by atoms with Crippen LogP contribution in [0, 0.1) is 6.92 Å². The summed E-state index contributed by atoms with van der Waals surface area (Å²) in [4.78, 5) is 14.5. The topological polar surface area (TPSA) is 41.6 Å². The number of ether oxygens (including phenoxy) is 1. The average Bonchev–Trinajstić information content (AvgIpc) is 2.56. The number of rotatable bonds is 7. The van der Waals surface area contributed by atoms with Gasteiger partial charge in [-0.05, 0) is 32.4 Å². The predicted octanol–water partition coefficient (Wildman–Crippen LogP) is 2.84. The van der Waals surface area contributed by atoms with Gasteiger partial charge in [0.2, 0.25) is 5.91 Å². The van der Waals surface area contributed by atoms with Crippen LogP contribution in [0.3, 0.4) is 0 Å². The van der Waals surface area contributed by atoms with Crippen molar-refractivity contribution < 1.29 is 9.53 Å². The molecule has 1 aromatic rings. The SMILES string of the molecule is CCN1CCC(NC(=O)CSCc2cc(C)ccc2OC)CC1. The highest BCUT2D eigenvalue weighted by atomic mass is 32.2. The van der Waals surface area contributed by atoms with E-state index in [9.17, 15) is 4.79 Å². The molecule has 0 aromatic heterocycles. The number of carbonyl (C=O) groups excluding carboxylic acids is 1. The third kappa shape index (κ3) is 5.74. The summed E-state index contributed by atoms with van der Waals surface area (Å²) in [7, 11) is 1.69. The molecule has 1 aliphatic rings. The highest BCUT2D eigenvalue weighted by Crippen LogP contribution is 2.24. The van der Waals surface area contributed by atoms with Crippen LogP contribution in [0.4, 0.5) is 0 Å². The van der Waals surface area contributed by atoms with Gasteiger partial charge in [-0.2, -0.15) is 0 Å². The molecule has 0 aliphatic carbocycles. The Morgan fingerprint density at radius 1 is 1.39 bits per heavy atom. The molecule has 0 radical (unpaired) electrons. The van der Waals surface area contributed by atoms with E-state index >= 15 is 0 Å². The van der Waals surface area contributed by atoms with Gasteiger partial charge in [0, 0.05) is 30.4 Å². The van der Waals surface area contributed by atoms with Crippen molar-refractivity contribution in [3.8, 4) is 5.75 Å². The van der Waals surface area contributed by atoms with E-state index in [0.29, 0.717) is 11.8 Å². The van der Waals surface area contributed by atoms with Crippen LogP contribution in [-0.4, -0.2) is 49.3 Å². The summed E-state index contributed by atoms with van der Waals surface area (Å²) in [6.07, 6.45) is 2.13. The Labute approximate surface area is 144 Å². The lowest BCUT2D eigenvalue weighted by Gasteiger charge is -2.31. The summed E-state index contributed by atoms with van der Waals surface area (Å²) in [5.41, 5.74) is 2.37. The molecular formula is C18H28N2O2S. The molecule has 1 fully saturated rings. The molecule has 2 rings (SSSR count). The van der Waals surface area contributed by atoms with Crippen LogP contribution in [0.2, 0.25) is 0 Å². The molecule has 23 heavy (non-hydrogen) atoms. The highest BCUT2D eigenvalue weighted by molar-refractivity contribution is 7.99. The number of nitrogens with one attached hydrogen (secondary N) is 1. The largest absolute Gasteiger partial charge is 0.496 e. The Balaban J connectivity index is 1.72. The van der Waals surface area contributed by atoms with E-state index < -0.39 is 0 Å². The lowest BCUT2D eigenvalue weighted by Crippen LogP contribution is -2.45. The second-order valence-corrected chi connectivity index (χ2v) is 7.07. The summed E-state index contributed by atoms with van der Waals surface area (Å²) in [5, 5.41) is 3.17. The van der Waals surface area contributed by atoms with Gasteiger partial charge in [-0.3, -0.25) is 4.79 Å². The summed E-state index contributed by atoms with van der Waals surface area (Å²) >= 11 is 1.64. The van der Waals surface area contributed by atoms with E-state index in [4.69, 9.17) is 4.74 Å². The van der Waals surface area contributed by atoms with Crippen molar-refractivity contribution in [2.24, 2.45) is 0 Å². The van der Waals surface area contributed by atoms with Gasteiger partial charge in [0.15, 0.2) is 0 Å². The molecule has 0 atom stereocenters. The smallest absolute Gasteiger partial charge is 0.230 e. The Bertz CT molecular complexity index is 514. The molecule has 0 bridgehead atoms. The van der Waals surface area contributed by atoms with Crippen LogP contribution >= 0.6 is 11.8 Å². The molecule has 1 saturated heterocycles. The third-order valence-electron chi connectivity index (χ3n) is 4.33. The minimum Gasteiger partial charge on any atom is -0.496 e. The Morgan fingerprint density at radius 3 is 2.78 bits per heavy atom. The van der Waals surface area contributed by atoms with E-state index in [1.165, 1.54) is 5.56 Å². The van der Waals surface area contributed by atoms with Crippen LogP contribution in [-0.2, 0) is 10.5 Å². The Morgan fingerprint density at radius 2 is 2.13 bits per heavy atom. The van der Waals surface area contributed by atoms with Gasteiger partial charge in [0.05, 0.1) is 12.9 Å². The minimum atomic E-state index is 0.150. The number of methoxy groups -OCH3 is 1. The van der Waals surface area contributed by atoms with Crippen molar-refractivity contribution in [2.45, 2.75) is 38.5 Å². The number of hydrogen-bond acceptors (Lipinski definition) is 4. The number of thioether (sulfide) groups is 1. The van der Waals surface area contributed by atoms with E-state index in [1.54, 1.807) is 18.9 Å². The fourth-order valence-electron chi connectivity index (χ4n) is 2.94. The number of hydrogen-bond donors (Lipinski definition) is 1. The zero-order valence-electron chi connectivity index (χ0n) is 14.4. The molecule has 5 heteroatoms. The van der Waals surface area contributed by atoms with Crippen molar-refractivity contribution in [1.82, 2.24) is 10.2 Å². The fourth-order valence-corrected chi connectivity index (χ4v) is 3.75. The molecule has 1 amide bonds. The van der Waals surface area contributed by atoms with Crippen molar-refractivity contribution in [1.29, 1.82) is 0 Å². The van der Waals surface area contributed by atoms with Crippen molar-refractivity contribution in [3.05, 3.63) is 29.3 Å². The van der Waals surface area contributed by atoms with Gasteiger partial charge in [-0.1, -0.05) is 24.6 Å². The maximum Gasteiger partial charge on any atom is 0.230 e. The van der Waals surface area contributed by atoms with Gasteiger partial charge >= 0.3 is 0 Å². The minimum absolute atomic E-state index is 0.150. The summed E-state index contributed by atoms with van der Waals surface area (Å²) in [6.45, 7) is 7.55. The number of amides is 1. The van der Waals surface area contributed by atoms with E-state index in [-0.39, 0.29) is 5.91 Å². The summed E-state index contributed by atoms with van der Waals surface area (Å²) in [5.74, 6) is 2.35. The second-order valence-electron chi connectivity index (χ2n) is 6.08. The quantitative estimate of drug-likeness (QED) is 0.831. The van der Waals surface area contributed by atoms with Crippen LogP contribution < -0.4 is 10.1 Å². The number of carbonyl (C=O) groups is 1. The predicted molar refractivity (Wildman–Crippen MR) is 97.2 cm³/mol. The van der Waals surface area contributed by atoms with Crippen LogP contribution in [0.25, 0.3) is 0 Å². The number of piperidine rings is 1. The number of aryl methyl sites for hydroxylation is 1. The van der Waals surface area contributed by atoms with Gasteiger partial charge in [0.1, 0.15) is 5.75 Å². The Hall–Kier alpha value is -1.20. The Kier molecular flexibility index (Phi) is 7.24. The molecule has 4 nitrogen and oxygen atoms in total. The number of likely N-dealkylation sites (tertiary alicyclic amines) is 1. The standard InChI is InChI=1S/C18H28N2O2S/c1-4-20-9-7-16(8-10-20)19-18(21)13-23-12-15-11-14(2)5-6-17(15)22-3/h5-6,11,16H,4,7-10,12-13H2,1-3H3,(H,19,21). The molecule has 0 unspecified atom stereocenters. The molecular weight excluding hydrogens is 308 g/mol. The molecule has 1 heterocycles. The van der Waals surface area contributed by atoms with Crippen molar-refractivity contribution in [3.63, 3.8) is 0 Å². The van der Waals surface area contributed by atoms with E-state index in [2.05, 4.69) is 30.1 Å².